The van der Waals surface area contributed by atoms with Crippen LogP contribution in [-0.4, -0.2) is 55.3 Å². The molecule has 0 radical (unpaired) electrons. The number of para-hydroxylation sites is 1. The second kappa shape index (κ2) is 8.39. The Bertz CT molecular complexity index is 755. The van der Waals surface area contributed by atoms with Gasteiger partial charge in [-0.3, -0.25) is 4.79 Å². The molecule has 1 heterocycles. The van der Waals surface area contributed by atoms with Gasteiger partial charge < -0.3 is 24.8 Å². The van der Waals surface area contributed by atoms with Crippen LogP contribution >= 0.6 is 0 Å². The van der Waals surface area contributed by atoms with E-state index in [-0.39, 0.29) is 47.8 Å². The van der Waals surface area contributed by atoms with Crippen molar-refractivity contribution in [3.63, 3.8) is 0 Å². The number of aliphatic hydroxyl groups is 1. The van der Waals surface area contributed by atoms with Crippen LogP contribution in [0.15, 0.2) is 29.5 Å². The third kappa shape index (κ3) is 4.97. The number of anilines is 1. The molecule has 0 spiro atoms. The summed E-state index contributed by atoms with van der Waals surface area (Å²) in [7, 11) is 1.20. The molecule has 0 saturated heterocycles. The summed E-state index contributed by atoms with van der Waals surface area (Å²) in [6, 6.07) is 4.32. The summed E-state index contributed by atoms with van der Waals surface area (Å²) in [6.45, 7) is 6.03. The number of benzene rings is 1. The average molecular weight is 380 g/mol. The number of nitrogens with one attached hydrogen (secondary N) is 1. The minimum Gasteiger partial charge on any atom is -0.491 e. The normalized spacial score (nSPS) is 14.6. The Morgan fingerprint density at radius 3 is 2.67 bits per heavy atom. The minimum atomic E-state index is -0.695. The number of halogens is 1. The zero-order chi connectivity index (χ0) is 20.2. The molecule has 1 amide bonds. The van der Waals surface area contributed by atoms with Gasteiger partial charge in [0.25, 0.3) is 5.91 Å². The number of rotatable bonds is 7. The van der Waals surface area contributed by atoms with Crippen molar-refractivity contribution in [2.24, 2.45) is 5.41 Å². The highest BCUT2D eigenvalue weighted by atomic mass is 19.1. The van der Waals surface area contributed by atoms with Crippen LogP contribution in [0, 0.1) is 11.2 Å². The first-order valence-corrected chi connectivity index (χ1v) is 8.58. The maximum Gasteiger partial charge on any atom is 0.337 e. The van der Waals surface area contributed by atoms with E-state index in [1.807, 2.05) is 20.8 Å². The van der Waals surface area contributed by atoms with Crippen LogP contribution in [0.1, 0.15) is 20.8 Å². The molecule has 2 rings (SSSR count). The molecule has 0 unspecified atom stereocenters. The van der Waals surface area contributed by atoms with E-state index in [4.69, 9.17) is 14.6 Å². The topological polar surface area (TPSA) is 88.1 Å². The molecule has 1 aliphatic heterocycles. The molecule has 0 atom stereocenters. The van der Waals surface area contributed by atoms with Crippen LogP contribution in [0.4, 0.5) is 10.1 Å². The number of β-amino-alcohol motifs (C(OH)–C–C–N with tert-alkyl or cyclic N) is 1. The zero-order valence-electron chi connectivity index (χ0n) is 16.0. The summed E-state index contributed by atoms with van der Waals surface area (Å²) in [5.41, 5.74) is -0.194. The smallest absolute Gasteiger partial charge is 0.337 e. The molecule has 0 aliphatic carbocycles. The summed E-state index contributed by atoms with van der Waals surface area (Å²) in [5, 5.41) is 11.8. The van der Waals surface area contributed by atoms with Crippen molar-refractivity contribution in [2.75, 3.05) is 38.7 Å². The van der Waals surface area contributed by atoms with Gasteiger partial charge in [0.1, 0.15) is 23.0 Å². The quantitative estimate of drug-likeness (QED) is 0.703. The largest absolute Gasteiger partial charge is 0.491 e. The van der Waals surface area contributed by atoms with Crippen molar-refractivity contribution in [3.05, 3.63) is 35.3 Å². The van der Waals surface area contributed by atoms with Crippen LogP contribution in [0.2, 0.25) is 0 Å². The van der Waals surface area contributed by atoms with Crippen LogP contribution in [0.25, 0.3) is 0 Å². The molecule has 8 heteroatoms. The van der Waals surface area contributed by atoms with Crippen molar-refractivity contribution >= 4 is 17.6 Å². The van der Waals surface area contributed by atoms with E-state index < -0.39 is 17.7 Å². The third-order valence-electron chi connectivity index (χ3n) is 3.84. The molecule has 0 fully saturated rings. The number of amides is 1. The molecular formula is C19H25FN2O5. The van der Waals surface area contributed by atoms with Gasteiger partial charge in [0, 0.05) is 6.54 Å². The lowest BCUT2D eigenvalue weighted by molar-refractivity contribution is -0.136. The third-order valence-corrected chi connectivity index (χ3v) is 3.84. The Morgan fingerprint density at radius 2 is 2.07 bits per heavy atom. The molecule has 1 aliphatic rings. The van der Waals surface area contributed by atoms with Gasteiger partial charge in [-0.2, -0.15) is 0 Å². The van der Waals surface area contributed by atoms with Gasteiger partial charge in [-0.15, -0.1) is 0 Å². The van der Waals surface area contributed by atoms with Gasteiger partial charge in [0.15, 0.2) is 0 Å². The zero-order valence-corrected chi connectivity index (χ0v) is 16.0. The summed E-state index contributed by atoms with van der Waals surface area (Å²) in [6.07, 6.45) is 0. The molecule has 27 heavy (non-hydrogen) atoms. The number of aliphatic hydroxyl groups excluding tert-OH is 1. The number of ether oxygens (including phenoxy) is 2. The molecule has 0 bridgehead atoms. The Labute approximate surface area is 157 Å². The highest BCUT2D eigenvalue weighted by molar-refractivity contribution is 6.08. The van der Waals surface area contributed by atoms with Gasteiger partial charge in [-0.25, -0.2) is 9.18 Å². The second-order valence-corrected chi connectivity index (χ2v) is 7.38. The predicted molar refractivity (Wildman–Crippen MR) is 97.7 cm³/mol. The maximum absolute atomic E-state index is 14.5. The number of carbonyl (C=O) groups is 2. The van der Waals surface area contributed by atoms with Crippen molar-refractivity contribution in [3.8, 4) is 5.75 Å². The highest BCUT2D eigenvalue weighted by Crippen LogP contribution is 2.32. The molecule has 148 valence electrons. The number of esters is 1. The van der Waals surface area contributed by atoms with E-state index in [1.54, 1.807) is 6.07 Å². The molecule has 7 nitrogen and oxygen atoms in total. The van der Waals surface area contributed by atoms with E-state index >= 15 is 0 Å². The molecule has 0 aromatic heterocycles. The van der Waals surface area contributed by atoms with E-state index in [0.29, 0.717) is 6.61 Å². The Hall–Kier alpha value is -2.61. The second-order valence-electron chi connectivity index (χ2n) is 7.38. The number of carbonyl (C=O) groups excluding carboxylic acids is 2. The van der Waals surface area contributed by atoms with E-state index in [1.165, 1.54) is 24.1 Å². The molecular weight excluding hydrogens is 355 g/mol. The lowest BCUT2D eigenvalue weighted by Crippen LogP contribution is -2.31. The van der Waals surface area contributed by atoms with Gasteiger partial charge in [0.05, 0.1) is 32.4 Å². The Balaban J connectivity index is 2.38. The van der Waals surface area contributed by atoms with Crippen molar-refractivity contribution in [1.29, 1.82) is 0 Å². The fourth-order valence-corrected chi connectivity index (χ4v) is 2.51. The van der Waals surface area contributed by atoms with Crippen LogP contribution in [0.5, 0.6) is 5.75 Å². The maximum atomic E-state index is 14.5. The van der Waals surface area contributed by atoms with Crippen molar-refractivity contribution in [1.82, 2.24) is 4.90 Å². The molecule has 2 N–H and O–H groups in total. The van der Waals surface area contributed by atoms with Crippen molar-refractivity contribution in [2.45, 2.75) is 20.8 Å². The number of hydrogen-bond donors (Lipinski definition) is 2. The number of hydrogen-bond acceptors (Lipinski definition) is 6. The van der Waals surface area contributed by atoms with E-state index in [2.05, 4.69) is 5.32 Å². The van der Waals surface area contributed by atoms with Crippen LogP contribution in [-0.2, 0) is 14.3 Å². The lowest BCUT2D eigenvalue weighted by Gasteiger charge is -2.21. The van der Waals surface area contributed by atoms with Crippen LogP contribution in [0.3, 0.4) is 0 Å². The highest BCUT2D eigenvalue weighted by Gasteiger charge is 2.35. The summed E-state index contributed by atoms with van der Waals surface area (Å²) in [5.74, 6) is -1.60. The lowest BCUT2D eigenvalue weighted by atomic mass is 9.99. The summed E-state index contributed by atoms with van der Waals surface area (Å²) >= 11 is 0. The van der Waals surface area contributed by atoms with Gasteiger partial charge in [0.2, 0.25) is 0 Å². The van der Waals surface area contributed by atoms with Crippen molar-refractivity contribution < 1.29 is 28.6 Å². The average Bonchev–Trinajstić information content (AvgIpc) is 2.90. The standard InChI is InChI=1S/C19H25FN2O5/c1-19(2,3)11-27-14-7-5-6-13(20)16(14)21-15-12(18(25)26-4)10-22(8-9-23)17(15)24/h5-7,21,23H,8-11H2,1-4H3. The summed E-state index contributed by atoms with van der Waals surface area (Å²) in [4.78, 5) is 25.9. The summed E-state index contributed by atoms with van der Waals surface area (Å²) < 4.78 is 24.9. The first-order chi connectivity index (χ1) is 12.7. The SMILES string of the molecule is COC(=O)C1=C(Nc2c(F)cccc2OCC(C)(C)C)C(=O)N(CCO)C1. The fraction of sp³-hybridized carbons (Fsp3) is 0.474. The van der Waals surface area contributed by atoms with E-state index in [0.717, 1.165) is 0 Å². The minimum absolute atomic E-state index is 0.0268. The van der Waals surface area contributed by atoms with Gasteiger partial charge >= 0.3 is 5.97 Å². The predicted octanol–water partition coefficient (Wildman–Crippen LogP) is 1.92. The molecule has 1 aromatic carbocycles. The number of methoxy groups -OCH3 is 1. The van der Waals surface area contributed by atoms with Gasteiger partial charge in [-0.05, 0) is 17.5 Å². The Kier molecular flexibility index (Phi) is 6.43. The monoisotopic (exact) mass is 380 g/mol. The van der Waals surface area contributed by atoms with Crippen LogP contribution < -0.4 is 10.1 Å². The molecule has 1 aromatic rings. The number of nitrogens with zero attached hydrogens (tertiary/aromatic N) is 1. The first-order valence-electron chi connectivity index (χ1n) is 8.58. The Morgan fingerprint density at radius 1 is 1.37 bits per heavy atom. The van der Waals surface area contributed by atoms with Gasteiger partial charge in [-0.1, -0.05) is 26.8 Å². The van der Waals surface area contributed by atoms with E-state index in [9.17, 15) is 14.0 Å². The fourth-order valence-electron chi connectivity index (χ4n) is 2.51. The molecule has 0 saturated carbocycles. The first kappa shape index (κ1) is 20.7.